The lowest BCUT2D eigenvalue weighted by molar-refractivity contribution is 0.109. The molecular weight excluding hydrogens is 301 g/mol. The van der Waals surface area contributed by atoms with Gasteiger partial charge in [0, 0.05) is 23.6 Å². The highest BCUT2D eigenvalue weighted by atomic mass is 79.9. The minimum Gasteiger partial charge on any atom is -0.478 e. The van der Waals surface area contributed by atoms with E-state index in [1.54, 1.807) is 19.2 Å². The summed E-state index contributed by atoms with van der Waals surface area (Å²) in [6, 6.07) is 4.83. The molecule has 2 rings (SSSR count). The van der Waals surface area contributed by atoms with Crippen molar-refractivity contribution in [2.24, 2.45) is 4.99 Å². The number of nitrogens with zero attached hydrogens (tertiary/aromatic N) is 1. The Morgan fingerprint density at radius 2 is 2.33 bits per heavy atom. The van der Waals surface area contributed by atoms with Crippen molar-refractivity contribution < 1.29 is 13.9 Å². The van der Waals surface area contributed by atoms with Crippen molar-refractivity contribution in [1.82, 2.24) is 0 Å². The zero-order valence-electron chi connectivity index (χ0n) is 10.4. The number of hydrogen-bond acceptors (Lipinski definition) is 3. The van der Waals surface area contributed by atoms with Crippen LogP contribution in [0.15, 0.2) is 27.7 Å². The van der Waals surface area contributed by atoms with E-state index in [9.17, 15) is 4.39 Å². The van der Waals surface area contributed by atoms with Crippen molar-refractivity contribution in [3.8, 4) is 0 Å². The van der Waals surface area contributed by atoms with E-state index in [1.807, 2.05) is 6.92 Å². The second kappa shape index (κ2) is 5.36. The van der Waals surface area contributed by atoms with Gasteiger partial charge in [-0.05, 0) is 18.2 Å². The fraction of sp³-hybridized carbons (Fsp3) is 0.462. The van der Waals surface area contributed by atoms with Gasteiger partial charge in [-0.2, -0.15) is 0 Å². The second-order valence-corrected chi connectivity index (χ2v) is 5.15. The van der Waals surface area contributed by atoms with Crippen molar-refractivity contribution >= 4 is 21.8 Å². The molecule has 5 heteroatoms. The Morgan fingerprint density at radius 3 is 2.94 bits per heavy atom. The van der Waals surface area contributed by atoms with Crippen LogP contribution in [0.1, 0.15) is 18.9 Å². The molecule has 0 amide bonds. The summed E-state index contributed by atoms with van der Waals surface area (Å²) in [5.74, 6) is 0.353. The molecule has 1 unspecified atom stereocenters. The van der Waals surface area contributed by atoms with Gasteiger partial charge in [0.2, 0.25) is 0 Å². The SMILES string of the molecule is CCC1=NC(COC)(c2cc(Br)ccc2F)CO1. The number of ether oxygens (including phenoxy) is 2. The lowest BCUT2D eigenvalue weighted by Gasteiger charge is -2.24. The third-order valence-corrected chi connectivity index (χ3v) is 3.42. The van der Waals surface area contributed by atoms with Gasteiger partial charge in [-0.1, -0.05) is 22.9 Å². The van der Waals surface area contributed by atoms with Crippen LogP contribution in [0.5, 0.6) is 0 Å². The zero-order valence-corrected chi connectivity index (χ0v) is 12.0. The van der Waals surface area contributed by atoms with Gasteiger partial charge in [0.25, 0.3) is 0 Å². The molecule has 0 bridgehead atoms. The molecule has 1 heterocycles. The molecule has 0 spiro atoms. The second-order valence-electron chi connectivity index (χ2n) is 4.24. The molecule has 0 aliphatic carbocycles. The highest BCUT2D eigenvalue weighted by molar-refractivity contribution is 9.10. The third-order valence-electron chi connectivity index (χ3n) is 2.93. The predicted octanol–water partition coefficient (Wildman–Crippen LogP) is 3.27. The van der Waals surface area contributed by atoms with Crippen molar-refractivity contribution in [3.05, 3.63) is 34.1 Å². The molecular formula is C13H15BrFNO2. The summed E-state index contributed by atoms with van der Waals surface area (Å²) >= 11 is 3.35. The number of hydrogen-bond donors (Lipinski definition) is 0. The largest absolute Gasteiger partial charge is 0.478 e. The molecule has 18 heavy (non-hydrogen) atoms. The van der Waals surface area contributed by atoms with Crippen LogP contribution in [-0.2, 0) is 15.0 Å². The quantitative estimate of drug-likeness (QED) is 0.853. The summed E-state index contributed by atoms with van der Waals surface area (Å²) in [5.41, 5.74) is -0.268. The van der Waals surface area contributed by atoms with Gasteiger partial charge in [-0.3, -0.25) is 0 Å². The average Bonchev–Trinajstić information content (AvgIpc) is 2.77. The number of benzene rings is 1. The Labute approximate surface area is 114 Å². The summed E-state index contributed by atoms with van der Waals surface area (Å²) in [5, 5.41) is 0. The van der Waals surface area contributed by atoms with E-state index < -0.39 is 5.54 Å². The number of methoxy groups -OCH3 is 1. The topological polar surface area (TPSA) is 30.8 Å². The first-order chi connectivity index (χ1) is 8.61. The molecule has 0 saturated carbocycles. The molecule has 3 nitrogen and oxygen atoms in total. The number of rotatable bonds is 4. The summed E-state index contributed by atoms with van der Waals surface area (Å²) in [7, 11) is 1.58. The predicted molar refractivity (Wildman–Crippen MR) is 71.3 cm³/mol. The van der Waals surface area contributed by atoms with E-state index in [1.165, 1.54) is 6.07 Å². The van der Waals surface area contributed by atoms with Gasteiger partial charge >= 0.3 is 0 Å². The molecule has 1 atom stereocenters. The van der Waals surface area contributed by atoms with Crippen molar-refractivity contribution in [2.45, 2.75) is 18.9 Å². The maximum atomic E-state index is 14.0. The monoisotopic (exact) mass is 315 g/mol. The van der Waals surface area contributed by atoms with Gasteiger partial charge in [-0.25, -0.2) is 9.38 Å². The number of aliphatic imine (C=N–C) groups is 1. The summed E-state index contributed by atoms with van der Waals surface area (Å²) in [6.07, 6.45) is 0.696. The molecule has 1 aliphatic heterocycles. The lowest BCUT2D eigenvalue weighted by atomic mass is 9.92. The molecule has 0 fully saturated rings. The molecule has 1 aromatic carbocycles. The Morgan fingerprint density at radius 1 is 1.56 bits per heavy atom. The van der Waals surface area contributed by atoms with Gasteiger partial charge in [-0.15, -0.1) is 0 Å². The van der Waals surface area contributed by atoms with Crippen LogP contribution in [0.25, 0.3) is 0 Å². The van der Waals surface area contributed by atoms with Crippen LogP contribution in [-0.4, -0.2) is 26.2 Å². The Hall–Kier alpha value is -0.940. The molecule has 1 aromatic rings. The van der Waals surface area contributed by atoms with Crippen LogP contribution in [0.2, 0.25) is 0 Å². The summed E-state index contributed by atoms with van der Waals surface area (Å²) < 4.78 is 25.5. The number of halogens is 2. The molecule has 0 aromatic heterocycles. The van der Waals surface area contributed by atoms with Gasteiger partial charge in [0.1, 0.15) is 18.0 Å². The molecule has 0 saturated heterocycles. The van der Waals surface area contributed by atoms with E-state index >= 15 is 0 Å². The maximum absolute atomic E-state index is 14.0. The fourth-order valence-corrected chi connectivity index (χ4v) is 2.43. The van der Waals surface area contributed by atoms with Crippen molar-refractivity contribution in [3.63, 3.8) is 0 Å². The van der Waals surface area contributed by atoms with Crippen LogP contribution in [0.4, 0.5) is 4.39 Å². The standard InChI is InChI=1S/C13H15BrFNO2/c1-3-12-16-13(7-17-2,8-18-12)10-6-9(14)4-5-11(10)15/h4-6H,3,7-8H2,1-2H3. The Balaban J connectivity index is 2.48. The highest BCUT2D eigenvalue weighted by Crippen LogP contribution is 2.35. The van der Waals surface area contributed by atoms with E-state index in [-0.39, 0.29) is 5.82 Å². The minimum absolute atomic E-state index is 0.292. The van der Waals surface area contributed by atoms with Crippen molar-refractivity contribution in [2.75, 3.05) is 20.3 Å². The maximum Gasteiger partial charge on any atom is 0.184 e. The lowest BCUT2D eigenvalue weighted by Crippen LogP contribution is -2.32. The minimum atomic E-state index is -0.770. The van der Waals surface area contributed by atoms with Gasteiger partial charge in [0.05, 0.1) is 6.61 Å². The van der Waals surface area contributed by atoms with E-state index in [2.05, 4.69) is 20.9 Å². The van der Waals surface area contributed by atoms with E-state index in [0.717, 1.165) is 4.47 Å². The third kappa shape index (κ3) is 2.42. The molecule has 1 aliphatic rings. The normalized spacial score (nSPS) is 22.8. The van der Waals surface area contributed by atoms with Crippen molar-refractivity contribution in [1.29, 1.82) is 0 Å². The van der Waals surface area contributed by atoms with E-state index in [4.69, 9.17) is 9.47 Å². The fourth-order valence-electron chi connectivity index (χ4n) is 2.07. The van der Waals surface area contributed by atoms with Gasteiger partial charge < -0.3 is 9.47 Å². The summed E-state index contributed by atoms with van der Waals surface area (Å²) in [6.45, 7) is 2.57. The van der Waals surface area contributed by atoms with E-state index in [0.29, 0.717) is 31.1 Å². The Kier molecular flexibility index (Phi) is 4.02. The smallest absolute Gasteiger partial charge is 0.184 e. The van der Waals surface area contributed by atoms with Crippen LogP contribution >= 0.6 is 15.9 Å². The average molecular weight is 316 g/mol. The van der Waals surface area contributed by atoms with Crippen LogP contribution < -0.4 is 0 Å². The molecule has 0 radical (unpaired) electrons. The highest BCUT2D eigenvalue weighted by Gasteiger charge is 2.40. The first-order valence-electron chi connectivity index (χ1n) is 5.77. The molecule has 0 N–H and O–H groups in total. The Bertz CT molecular complexity index is 478. The van der Waals surface area contributed by atoms with Crippen LogP contribution in [0.3, 0.4) is 0 Å². The first kappa shape index (κ1) is 13.5. The van der Waals surface area contributed by atoms with Gasteiger partial charge in [0.15, 0.2) is 5.90 Å². The molecule has 98 valence electrons. The summed E-state index contributed by atoms with van der Waals surface area (Å²) in [4.78, 5) is 4.51. The van der Waals surface area contributed by atoms with Crippen LogP contribution in [0, 0.1) is 5.82 Å². The zero-order chi connectivity index (χ0) is 13.2. The first-order valence-corrected chi connectivity index (χ1v) is 6.56.